The summed E-state index contributed by atoms with van der Waals surface area (Å²) in [4.78, 5) is 1.89. The van der Waals surface area contributed by atoms with E-state index in [9.17, 15) is 12.9 Å². The summed E-state index contributed by atoms with van der Waals surface area (Å²) in [6.45, 7) is 4.29. The van der Waals surface area contributed by atoms with Crippen molar-refractivity contribution < 1.29 is 64.3 Å². The van der Waals surface area contributed by atoms with Crippen molar-refractivity contribution in [2.45, 2.75) is 13.8 Å². The number of hydrogen-bond donors (Lipinski definition) is 0. The average Bonchev–Trinajstić information content (AvgIpc) is 2.48. The third-order valence-electron chi connectivity index (χ3n) is 4.09. The molecule has 2 rings (SSSR count). The zero-order valence-electron chi connectivity index (χ0n) is 10.1. The molecule has 0 amide bonds. The second-order valence-electron chi connectivity index (χ2n) is 5.46. The number of nitrogens with zero attached hydrogens (tertiary/aromatic N) is 1. The monoisotopic (exact) mass is 257 g/mol. The molecular formula is C10H16BF3KN. The number of rotatable bonds is 3. The number of piperidine rings is 1. The van der Waals surface area contributed by atoms with E-state index >= 15 is 0 Å². The van der Waals surface area contributed by atoms with E-state index in [1.165, 1.54) is 0 Å². The van der Waals surface area contributed by atoms with Gasteiger partial charge in [-0.3, -0.25) is 0 Å². The van der Waals surface area contributed by atoms with Crippen molar-refractivity contribution in [1.29, 1.82) is 0 Å². The normalized spacial score (nSPS) is 31.8. The predicted molar refractivity (Wildman–Crippen MR) is 55.4 cm³/mol. The van der Waals surface area contributed by atoms with Crippen molar-refractivity contribution in [1.82, 2.24) is 4.90 Å². The first-order valence-corrected chi connectivity index (χ1v) is 5.33. The molecule has 0 radical (unpaired) electrons. The maximum atomic E-state index is 12.3. The van der Waals surface area contributed by atoms with E-state index in [0.29, 0.717) is 17.3 Å². The van der Waals surface area contributed by atoms with E-state index in [2.05, 4.69) is 20.4 Å². The minimum atomic E-state index is -4.85. The molecule has 2 aliphatic rings. The van der Waals surface area contributed by atoms with Crippen molar-refractivity contribution in [3.05, 3.63) is 12.1 Å². The SMILES string of the molecule is C=C(CN1CC2C(C1)C2(C)C)[B-](F)(F)F.[K+]. The Bertz CT molecular complexity index is 289. The van der Waals surface area contributed by atoms with Gasteiger partial charge in [0.15, 0.2) is 0 Å². The molecule has 0 aromatic rings. The molecule has 16 heavy (non-hydrogen) atoms. The van der Waals surface area contributed by atoms with Gasteiger partial charge in [0.05, 0.1) is 0 Å². The molecule has 0 spiro atoms. The van der Waals surface area contributed by atoms with Gasteiger partial charge in [0, 0.05) is 13.1 Å². The van der Waals surface area contributed by atoms with Crippen LogP contribution in [0.25, 0.3) is 0 Å². The van der Waals surface area contributed by atoms with Crippen LogP contribution in [0.1, 0.15) is 13.8 Å². The Morgan fingerprint density at radius 1 is 1.31 bits per heavy atom. The zero-order chi connectivity index (χ0) is 11.4. The van der Waals surface area contributed by atoms with Crippen molar-refractivity contribution in [2.24, 2.45) is 17.3 Å². The summed E-state index contributed by atoms with van der Waals surface area (Å²) >= 11 is 0. The summed E-state index contributed by atoms with van der Waals surface area (Å²) in [6.07, 6.45) is 0. The fourth-order valence-electron chi connectivity index (χ4n) is 2.73. The van der Waals surface area contributed by atoms with Crippen LogP contribution in [0.2, 0.25) is 0 Å². The topological polar surface area (TPSA) is 3.24 Å². The summed E-state index contributed by atoms with van der Waals surface area (Å²) in [5.41, 5.74) is -0.199. The van der Waals surface area contributed by atoms with E-state index in [4.69, 9.17) is 0 Å². The molecule has 0 aromatic heterocycles. The van der Waals surface area contributed by atoms with Gasteiger partial charge < -0.3 is 17.8 Å². The minimum absolute atomic E-state index is 0. The van der Waals surface area contributed by atoms with Crippen molar-refractivity contribution in [3.8, 4) is 0 Å². The second kappa shape index (κ2) is 4.70. The van der Waals surface area contributed by atoms with E-state index < -0.39 is 12.4 Å². The Hall–Kier alpha value is 1.19. The molecule has 0 bridgehead atoms. The van der Waals surface area contributed by atoms with Gasteiger partial charge in [-0.1, -0.05) is 13.8 Å². The first-order chi connectivity index (χ1) is 6.73. The van der Waals surface area contributed by atoms with Gasteiger partial charge in [0.25, 0.3) is 0 Å². The Labute approximate surface area is 137 Å². The summed E-state index contributed by atoms with van der Waals surface area (Å²) in [7, 11) is 0. The molecule has 1 aliphatic heterocycles. The summed E-state index contributed by atoms with van der Waals surface area (Å²) in [5, 5.41) is 0. The Kier molecular flexibility index (Phi) is 4.48. The maximum Gasteiger partial charge on any atom is 1.00 e. The third kappa shape index (κ3) is 2.78. The second-order valence-corrected chi connectivity index (χ2v) is 5.46. The zero-order valence-corrected chi connectivity index (χ0v) is 13.3. The van der Waals surface area contributed by atoms with Gasteiger partial charge in [-0.25, -0.2) is 0 Å². The molecule has 6 heteroatoms. The van der Waals surface area contributed by atoms with E-state index in [-0.39, 0.29) is 57.9 Å². The van der Waals surface area contributed by atoms with Crippen LogP contribution < -0.4 is 51.4 Å². The van der Waals surface area contributed by atoms with Crippen LogP contribution in [0, 0.1) is 17.3 Å². The Morgan fingerprint density at radius 3 is 2.12 bits per heavy atom. The van der Waals surface area contributed by atoms with E-state index in [0.717, 1.165) is 13.1 Å². The molecule has 1 saturated carbocycles. The fraction of sp³-hybridized carbons (Fsp3) is 0.800. The Morgan fingerprint density at radius 2 is 1.75 bits per heavy atom. The molecule has 1 nitrogen and oxygen atoms in total. The number of fused-ring (bicyclic) bond motifs is 1. The first kappa shape index (κ1) is 15.2. The first-order valence-electron chi connectivity index (χ1n) is 5.33. The van der Waals surface area contributed by atoms with Crippen molar-refractivity contribution in [3.63, 3.8) is 0 Å². The molecule has 1 aliphatic carbocycles. The molecule has 2 fully saturated rings. The van der Waals surface area contributed by atoms with Crippen LogP contribution in [0.15, 0.2) is 12.1 Å². The molecule has 0 N–H and O–H groups in total. The summed E-state index contributed by atoms with van der Waals surface area (Å²) < 4.78 is 36.9. The van der Waals surface area contributed by atoms with Gasteiger partial charge in [-0.05, 0) is 23.8 Å². The number of likely N-dealkylation sites (tertiary alicyclic amines) is 1. The molecule has 86 valence electrons. The molecule has 2 atom stereocenters. The van der Waals surface area contributed by atoms with E-state index in [1.54, 1.807) is 0 Å². The van der Waals surface area contributed by atoms with Gasteiger partial charge in [0.2, 0.25) is 0 Å². The quantitative estimate of drug-likeness (QED) is 0.617. The minimum Gasteiger partial charge on any atom is -0.445 e. The predicted octanol–water partition coefficient (Wildman–Crippen LogP) is -0.479. The molecule has 2 unspecified atom stereocenters. The van der Waals surface area contributed by atoms with Crippen LogP contribution in [-0.2, 0) is 0 Å². The number of hydrogen-bond acceptors (Lipinski definition) is 1. The smallest absolute Gasteiger partial charge is 0.445 e. The van der Waals surface area contributed by atoms with Crippen molar-refractivity contribution >= 4 is 6.98 Å². The van der Waals surface area contributed by atoms with Crippen LogP contribution in [0.4, 0.5) is 12.9 Å². The fourth-order valence-corrected chi connectivity index (χ4v) is 2.73. The third-order valence-corrected chi connectivity index (χ3v) is 4.09. The summed E-state index contributed by atoms with van der Waals surface area (Å²) in [6, 6.07) is 0. The van der Waals surface area contributed by atoms with Crippen LogP contribution in [-0.4, -0.2) is 31.5 Å². The molecule has 0 aromatic carbocycles. The molecular weight excluding hydrogens is 241 g/mol. The molecule has 1 saturated heterocycles. The van der Waals surface area contributed by atoms with Crippen LogP contribution in [0.5, 0.6) is 0 Å². The standard InChI is InChI=1S/C10H16BF3N.K/c1-7(11(12,13)14)4-15-5-8-9(6-15)10(8,2)3;/h8-9H,1,4-6H2,2-3H3;/q-1;+1. The van der Waals surface area contributed by atoms with Crippen molar-refractivity contribution in [2.75, 3.05) is 19.6 Å². The van der Waals surface area contributed by atoms with Crippen LogP contribution >= 0.6 is 0 Å². The Balaban J connectivity index is 0.00000128. The van der Waals surface area contributed by atoms with Gasteiger partial charge >= 0.3 is 58.4 Å². The van der Waals surface area contributed by atoms with E-state index in [1.807, 2.05) is 4.90 Å². The largest absolute Gasteiger partial charge is 1.00 e. The summed E-state index contributed by atoms with van der Waals surface area (Å²) in [5.74, 6) is 1.21. The van der Waals surface area contributed by atoms with Gasteiger partial charge in [-0.2, -0.15) is 0 Å². The molecule has 1 heterocycles. The van der Waals surface area contributed by atoms with Gasteiger partial charge in [0.1, 0.15) is 0 Å². The average molecular weight is 257 g/mol. The van der Waals surface area contributed by atoms with Gasteiger partial charge in [-0.15, -0.1) is 12.1 Å². The maximum absolute atomic E-state index is 12.3. The number of halogens is 3. The van der Waals surface area contributed by atoms with Crippen LogP contribution in [0.3, 0.4) is 0 Å².